The molecule has 1 saturated heterocycles. The SMILES string of the molecule is CCc1onc(C)c1NC(=O)C(=O)N1C[C@H](c2ccsc2)C[C@@H]1C. The van der Waals surface area contributed by atoms with Gasteiger partial charge in [-0.25, -0.2) is 0 Å². The minimum absolute atomic E-state index is 0.0439. The number of nitrogens with one attached hydrogen (secondary N) is 1. The fraction of sp³-hybridized carbons (Fsp3) is 0.471. The number of rotatable bonds is 3. The van der Waals surface area contributed by atoms with Crippen molar-refractivity contribution in [2.75, 3.05) is 11.9 Å². The van der Waals surface area contributed by atoms with Gasteiger partial charge >= 0.3 is 11.8 Å². The van der Waals surface area contributed by atoms with E-state index in [0.29, 0.717) is 36.0 Å². The van der Waals surface area contributed by atoms with Crippen molar-refractivity contribution in [2.24, 2.45) is 0 Å². The number of nitrogens with zero attached hydrogens (tertiary/aromatic N) is 2. The predicted molar refractivity (Wildman–Crippen MR) is 92.1 cm³/mol. The molecule has 0 bridgehead atoms. The van der Waals surface area contributed by atoms with E-state index in [1.165, 1.54) is 5.56 Å². The van der Waals surface area contributed by atoms with Crippen molar-refractivity contribution in [2.45, 2.75) is 45.6 Å². The molecular weight excluding hydrogens is 326 g/mol. The largest absolute Gasteiger partial charge is 0.359 e. The standard InChI is InChI=1S/C17H21N3O3S/c1-4-14-15(11(3)19-23-14)18-16(21)17(22)20-8-13(7-10(20)2)12-5-6-24-9-12/h5-6,9-10,13H,4,7-8H2,1-3H3,(H,18,21)/t10-,13+/m0/s1. The fourth-order valence-electron chi connectivity index (χ4n) is 3.18. The molecule has 1 aliphatic rings. The summed E-state index contributed by atoms with van der Waals surface area (Å²) in [7, 11) is 0. The number of carbonyl (C=O) groups excluding carboxylic acids is 2. The molecule has 0 aromatic carbocycles. The number of thiophene rings is 1. The van der Waals surface area contributed by atoms with Crippen molar-refractivity contribution in [1.29, 1.82) is 0 Å². The van der Waals surface area contributed by atoms with Crippen molar-refractivity contribution < 1.29 is 14.1 Å². The normalized spacial score (nSPS) is 20.4. The van der Waals surface area contributed by atoms with Gasteiger partial charge in [-0.2, -0.15) is 11.3 Å². The maximum Gasteiger partial charge on any atom is 0.314 e. The number of amides is 2. The molecule has 2 amide bonds. The average Bonchev–Trinajstić information content (AvgIpc) is 3.28. The zero-order valence-corrected chi connectivity index (χ0v) is 14.9. The van der Waals surface area contributed by atoms with E-state index in [0.717, 1.165) is 6.42 Å². The van der Waals surface area contributed by atoms with Gasteiger partial charge in [-0.05, 0) is 42.7 Å². The van der Waals surface area contributed by atoms with Crippen LogP contribution in [0.2, 0.25) is 0 Å². The van der Waals surface area contributed by atoms with Crippen molar-refractivity contribution in [1.82, 2.24) is 10.1 Å². The van der Waals surface area contributed by atoms with Gasteiger partial charge in [0.15, 0.2) is 5.76 Å². The molecule has 0 radical (unpaired) electrons. The van der Waals surface area contributed by atoms with Crippen LogP contribution in [0.4, 0.5) is 5.69 Å². The minimum atomic E-state index is -0.631. The molecule has 2 atom stereocenters. The first kappa shape index (κ1) is 16.7. The quantitative estimate of drug-likeness (QED) is 0.866. The Hall–Kier alpha value is -2.15. The minimum Gasteiger partial charge on any atom is -0.359 e. The summed E-state index contributed by atoms with van der Waals surface area (Å²) in [4.78, 5) is 26.6. The van der Waals surface area contributed by atoms with Crippen molar-refractivity contribution in [3.05, 3.63) is 33.8 Å². The molecule has 0 aliphatic carbocycles. The lowest BCUT2D eigenvalue weighted by Crippen LogP contribution is -2.41. The highest BCUT2D eigenvalue weighted by atomic mass is 32.1. The van der Waals surface area contributed by atoms with Gasteiger partial charge in [0.25, 0.3) is 0 Å². The van der Waals surface area contributed by atoms with Gasteiger partial charge in [0.2, 0.25) is 0 Å². The van der Waals surface area contributed by atoms with Gasteiger partial charge in [-0.3, -0.25) is 9.59 Å². The van der Waals surface area contributed by atoms with Crippen molar-refractivity contribution in [3.63, 3.8) is 0 Å². The Morgan fingerprint density at radius 3 is 2.96 bits per heavy atom. The van der Waals surface area contributed by atoms with Crippen LogP contribution in [0.3, 0.4) is 0 Å². The highest BCUT2D eigenvalue weighted by molar-refractivity contribution is 7.08. The summed E-state index contributed by atoms with van der Waals surface area (Å²) in [5, 5.41) is 10.7. The molecule has 3 rings (SSSR count). The van der Waals surface area contributed by atoms with Crippen molar-refractivity contribution >= 4 is 28.8 Å². The molecule has 1 fully saturated rings. The first-order valence-corrected chi connectivity index (χ1v) is 9.04. The molecule has 0 unspecified atom stereocenters. The van der Waals surface area contributed by atoms with Gasteiger partial charge in [-0.15, -0.1) is 0 Å². The lowest BCUT2D eigenvalue weighted by atomic mass is 10.00. The summed E-state index contributed by atoms with van der Waals surface area (Å²) in [5.74, 6) is -0.248. The summed E-state index contributed by atoms with van der Waals surface area (Å²) in [5.41, 5.74) is 2.33. The number of carbonyl (C=O) groups is 2. The van der Waals surface area contributed by atoms with Crippen LogP contribution in [0.1, 0.15) is 43.2 Å². The smallest absolute Gasteiger partial charge is 0.314 e. The van der Waals surface area contributed by atoms with Crippen LogP contribution in [0.5, 0.6) is 0 Å². The lowest BCUT2D eigenvalue weighted by molar-refractivity contribution is -0.143. The van der Waals surface area contributed by atoms with E-state index in [-0.39, 0.29) is 6.04 Å². The molecule has 128 valence electrons. The van der Waals surface area contributed by atoms with Gasteiger partial charge in [-0.1, -0.05) is 12.1 Å². The Morgan fingerprint density at radius 1 is 1.50 bits per heavy atom. The second-order valence-corrected chi connectivity index (χ2v) is 6.95. The third-order valence-corrected chi connectivity index (χ3v) is 5.24. The van der Waals surface area contributed by atoms with E-state index in [4.69, 9.17) is 4.52 Å². The number of hydrogen-bond donors (Lipinski definition) is 1. The number of anilines is 1. The molecule has 7 heteroatoms. The molecule has 3 heterocycles. The Labute approximate surface area is 144 Å². The van der Waals surface area contributed by atoms with E-state index in [2.05, 4.69) is 21.9 Å². The second-order valence-electron chi connectivity index (χ2n) is 6.17. The summed E-state index contributed by atoms with van der Waals surface area (Å²) in [6, 6.07) is 2.13. The van der Waals surface area contributed by atoms with Crippen LogP contribution in [0, 0.1) is 6.92 Å². The Morgan fingerprint density at radius 2 is 2.29 bits per heavy atom. The predicted octanol–water partition coefficient (Wildman–Crippen LogP) is 2.95. The highest BCUT2D eigenvalue weighted by Gasteiger charge is 2.36. The van der Waals surface area contributed by atoms with E-state index in [1.807, 2.05) is 19.2 Å². The topological polar surface area (TPSA) is 75.4 Å². The zero-order valence-electron chi connectivity index (χ0n) is 14.0. The number of aryl methyl sites for hydroxylation is 2. The maximum absolute atomic E-state index is 12.6. The summed E-state index contributed by atoms with van der Waals surface area (Å²) < 4.78 is 5.15. The van der Waals surface area contributed by atoms with Crippen LogP contribution < -0.4 is 5.32 Å². The number of hydrogen-bond acceptors (Lipinski definition) is 5. The molecule has 0 saturated carbocycles. The third kappa shape index (κ3) is 3.08. The van der Waals surface area contributed by atoms with Gasteiger partial charge in [0.1, 0.15) is 11.4 Å². The maximum atomic E-state index is 12.6. The van der Waals surface area contributed by atoms with Crippen molar-refractivity contribution in [3.8, 4) is 0 Å². The molecular formula is C17H21N3O3S. The van der Waals surface area contributed by atoms with Crippen LogP contribution in [-0.4, -0.2) is 34.5 Å². The number of aromatic nitrogens is 1. The first-order valence-electron chi connectivity index (χ1n) is 8.10. The van der Waals surface area contributed by atoms with E-state index in [9.17, 15) is 9.59 Å². The summed E-state index contributed by atoms with van der Waals surface area (Å²) >= 11 is 1.65. The zero-order chi connectivity index (χ0) is 17.3. The molecule has 2 aromatic heterocycles. The van der Waals surface area contributed by atoms with Gasteiger partial charge in [0.05, 0.1) is 0 Å². The summed E-state index contributed by atoms with van der Waals surface area (Å²) in [6.07, 6.45) is 1.48. The van der Waals surface area contributed by atoms with Gasteiger partial charge < -0.3 is 14.7 Å². The van der Waals surface area contributed by atoms with Crippen LogP contribution in [0.25, 0.3) is 0 Å². The van der Waals surface area contributed by atoms with Crippen LogP contribution in [0.15, 0.2) is 21.3 Å². The Balaban J connectivity index is 1.69. The van der Waals surface area contributed by atoms with Crippen LogP contribution >= 0.6 is 11.3 Å². The van der Waals surface area contributed by atoms with Gasteiger partial charge in [0, 0.05) is 24.9 Å². The molecule has 6 nitrogen and oxygen atoms in total. The molecule has 2 aromatic rings. The highest BCUT2D eigenvalue weighted by Crippen LogP contribution is 2.33. The molecule has 0 spiro atoms. The van der Waals surface area contributed by atoms with E-state index < -0.39 is 11.8 Å². The number of likely N-dealkylation sites (tertiary alicyclic amines) is 1. The Bertz CT molecular complexity index is 738. The monoisotopic (exact) mass is 347 g/mol. The average molecular weight is 347 g/mol. The summed E-state index contributed by atoms with van der Waals surface area (Å²) in [6.45, 7) is 6.21. The molecule has 1 N–H and O–H groups in total. The lowest BCUT2D eigenvalue weighted by Gasteiger charge is -2.20. The Kier molecular flexibility index (Phi) is 4.71. The molecule has 1 aliphatic heterocycles. The molecule has 24 heavy (non-hydrogen) atoms. The fourth-order valence-corrected chi connectivity index (χ4v) is 3.92. The van der Waals surface area contributed by atoms with E-state index >= 15 is 0 Å². The third-order valence-electron chi connectivity index (χ3n) is 4.54. The van der Waals surface area contributed by atoms with E-state index in [1.54, 1.807) is 23.2 Å². The first-order chi connectivity index (χ1) is 11.5. The second kappa shape index (κ2) is 6.76. The van der Waals surface area contributed by atoms with Crippen LogP contribution in [-0.2, 0) is 16.0 Å².